The number of alkyl halides is 2. The van der Waals surface area contributed by atoms with Gasteiger partial charge in [0.25, 0.3) is 5.92 Å². The van der Waals surface area contributed by atoms with Crippen LogP contribution in [0.3, 0.4) is 0 Å². The zero-order chi connectivity index (χ0) is 10.0. The minimum atomic E-state index is -2.42. The van der Waals surface area contributed by atoms with Crippen LogP contribution in [-0.4, -0.2) is 43.5 Å². The molecule has 2 nitrogen and oxygen atoms in total. The molecule has 2 heterocycles. The Morgan fingerprint density at radius 2 is 2.00 bits per heavy atom. The molecule has 2 rings (SSSR count). The molecule has 0 aromatic carbocycles. The molecule has 1 N–H and O–H groups in total. The summed E-state index contributed by atoms with van der Waals surface area (Å²) in [4.78, 5) is 1.93. The maximum absolute atomic E-state index is 12.9. The second-order valence-corrected chi connectivity index (χ2v) is 4.53. The number of likely N-dealkylation sites (tertiary alicyclic amines) is 1. The Bertz CT molecular complexity index is 191. The van der Waals surface area contributed by atoms with E-state index in [-0.39, 0.29) is 13.0 Å². The van der Waals surface area contributed by atoms with Crippen molar-refractivity contribution in [1.82, 2.24) is 10.2 Å². The monoisotopic (exact) mass is 204 g/mol. The zero-order valence-electron chi connectivity index (χ0n) is 8.44. The summed E-state index contributed by atoms with van der Waals surface area (Å²) in [6.07, 6.45) is 2.34. The standard InChI is InChI=1S/C10H18F2N2/c11-10(12)3-6-14(8-10)7-9-1-4-13-5-2-9/h9,13H,1-8H2. The molecule has 0 unspecified atom stereocenters. The van der Waals surface area contributed by atoms with Gasteiger partial charge in [0.2, 0.25) is 0 Å². The summed E-state index contributed by atoms with van der Waals surface area (Å²) in [5, 5.41) is 3.29. The molecule has 0 aliphatic carbocycles. The Balaban J connectivity index is 1.75. The van der Waals surface area contributed by atoms with E-state index < -0.39 is 5.92 Å². The van der Waals surface area contributed by atoms with Crippen molar-refractivity contribution in [3.8, 4) is 0 Å². The van der Waals surface area contributed by atoms with Crippen molar-refractivity contribution in [3.63, 3.8) is 0 Å². The minimum Gasteiger partial charge on any atom is -0.317 e. The molecule has 14 heavy (non-hydrogen) atoms. The highest BCUT2D eigenvalue weighted by molar-refractivity contribution is 4.83. The lowest BCUT2D eigenvalue weighted by Gasteiger charge is -2.27. The van der Waals surface area contributed by atoms with E-state index in [1.807, 2.05) is 4.90 Å². The molecular weight excluding hydrogens is 186 g/mol. The molecule has 0 radical (unpaired) electrons. The van der Waals surface area contributed by atoms with Crippen molar-refractivity contribution in [3.05, 3.63) is 0 Å². The van der Waals surface area contributed by atoms with Gasteiger partial charge in [0.05, 0.1) is 6.54 Å². The SMILES string of the molecule is FC1(F)CCN(CC2CCNCC2)C1. The molecule has 0 spiro atoms. The average Bonchev–Trinajstić information content (AvgIpc) is 2.47. The Hall–Kier alpha value is -0.220. The van der Waals surface area contributed by atoms with E-state index in [1.165, 1.54) is 0 Å². The van der Waals surface area contributed by atoms with Gasteiger partial charge in [-0.2, -0.15) is 0 Å². The molecule has 4 heteroatoms. The maximum Gasteiger partial charge on any atom is 0.261 e. The summed E-state index contributed by atoms with van der Waals surface area (Å²) >= 11 is 0. The van der Waals surface area contributed by atoms with E-state index >= 15 is 0 Å². The van der Waals surface area contributed by atoms with Crippen LogP contribution in [0, 0.1) is 5.92 Å². The molecular formula is C10H18F2N2. The van der Waals surface area contributed by atoms with Gasteiger partial charge >= 0.3 is 0 Å². The quantitative estimate of drug-likeness (QED) is 0.730. The summed E-state index contributed by atoms with van der Waals surface area (Å²) in [6, 6.07) is 0. The molecule has 2 aliphatic rings. The summed E-state index contributed by atoms with van der Waals surface area (Å²) in [5.74, 6) is -1.79. The molecule has 0 amide bonds. The molecule has 0 saturated carbocycles. The lowest BCUT2D eigenvalue weighted by atomic mass is 9.98. The predicted octanol–water partition coefficient (Wildman–Crippen LogP) is 1.33. The van der Waals surface area contributed by atoms with Gasteiger partial charge in [0, 0.05) is 19.5 Å². The number of nitrogens with zero attached hydrogens (tertiary/aromatic N) is 1. The molecule has 0 aromatic heterocycles. The van der Waals surface area contributed by atoms with E-state index in [9.17, 15) is 8.78 Å². The number of hydrogen-bond donors (Lipinski definition) is 1. The van der Waals surface area contributed by atoms with Crippen molar-refractivity contribution in [2.45, 2.75) is 25.2 Å². The van der Waals surface area contributed by atoms with Crippen LogP contribution in [0.1, 0.15) is 19.3 Å². The van der Waals surface area contributed by atoms with Gasteiger partial charge in [-0.3, -0.25) is 4.90 Å². The third kappa shape index (κ3) is 2.64. The van der Waals surface area contributed by atoms with Gasteiger partial charge in [0.15, 0.2) is 0 Å². The van der Waals surface area contributed by atoms with Gasteiger partial charge in [-0.25, -0.2) is 8.78 Å². The van der Waals surface area contributed by atoms with Crippen LogP contribution in [0.4, 0.5) is 8.78 Å². The van der Waals surface area contributed by atoms with Crippen LogP contribution < -0.4 is 5.32 Å². The van der Waals surface area contributed by atoms with Gasteiger partial charge in [0.1, 0.15) is 0 Å². The maximum atomic E-state index is 12.9. The fraction of sp³-hybridized carbons (Fsp3) is 1.00. The lowest BCUT2D eigenvalue weighted by molar-refractivity contribution is 0.0104. The predicted molar refractivity (Wildman–Crippen MR) is 51.6 cm³/mol. The molecule has 2 saturated heterocycles. The summed E-state index contributed by atoms with van der Waals surface area (Å²) in [5.41, 5.74) is 0. The summed E-state index contributed by atoms with van der Waals surface area (Å²) < 4.78 is 25.8. The number of rotatable bonds is 2. The minimum absolute atomic E-state index is 0.0169. The third-order valence-corrected chi connectivity index (χ3v) is 3.22. The molecule has 82 valence electrons. The van der Waals surface area contributed by atoms with Crippen molar-refractivity contribution in [2.75, 3.05) is 32.7 Å². The van der Waals surface area contributed by atoms with Gasteiger partial charge in [-0.15, -0.1) is 0 Å². The van der Waals surface area contributed by atoms with Crippen LogP contribution in [0.2, 0.25) is 0 Å². The van der Waals surface area contributed by atoms with E-state index in [1.54, 1.807) is 0 Å². The second kappa shape index (κ2) is 4.11. The highest BCUT2D eigenvalue weighted by atomic mass is 19.3. The van der Waals surface area contributed by atoms with Gasteiger partial charge < -0.3 is 5.32 Å². The first-order chi connectivity index (χ1) is 6.66. The van der Waals surface area contributed by atoms with Gasteiger partial charge in [-0.05, 0) is 31.8 Å². The second-order valence-electron chi connectivity index (χ2n) is 4.53. The molecule has 2 aliphatic heterocycles. The highest BCUT2D eigenvalue weighted by Crippen LogP contribution is 2.28. The lowest BCUT2D eigenvalue weighted by Crippen LogP contribution is -2.36. The normalized spacial score (nSPS) is 29.6. The van der Waals surface area contributed by atoms with Crippen molar-refractivity contribution >= 4 is 0 Å². The molecule has 0 aromatic rings. The first-order valence-corrected chi connectivity index (χ1v) is 5.47. The highest BCUT2D eigenvalue weighted by Gasteiger charge is 2.38. The van der Waals surface area contributed by atoms with E-state index in [2.05, 4.69) is 5.32 Å². The average molecular weight is 204 g/mol. The molecule has 2 fully saturated rings. The first-order valence-electron chi connectivity index (χ1n) is 5.47. The number of piperidine rings is 1. The Morgan fingerprint density at radius 3 is 2.57 bits per heavy atom. The zero-order valence-corrected chi connectivity index (χ0v) is 8.44. The van der Waals surface area contributed by atoms with Crippen LogP contribution in [-0.2, 0) is 0 Å². The van der Waals surface area contributed by atoms with E-state index in [0.717, 1.165) is 32.5 Å². The number of nitrogens with one attached hydrogen (secondary N) is 1. The summed E-state index contributed by atoms with van der Waals surface area (Å²) in [6.45, 7) is 3.54. The van der Waals surface area contributed by atoms with E-state index in [4.69, 9.17) is 0 Å². The van der Waals surface area contributed by atoms with E-state index in [0.29, 0.717) is 12.5 Å². The Labute approximate surface area is 83.7 Å². The first kappa shape index (κ1) is 10.3. The Morgan fingerprint density at radius 1 is 1.29 bits per heavy atom. The van der Waals surface area contributed by atoms with Crippen LogP contribution in [0.15, 0.2) is 0 Å². The van der Waals surface area contributed by atoms with Crippen LogP contribution in [0.5, 0.6) is 0 Å². The van der Waals surface area contributed by atoms with Crippen molar-refractivity contribution < 1.29 is 8.78 Å². The third-order valence-electron chi connectivity index (χ3n) is 3.22. The molecule has 0 atom stereocenters. The Kier molecular flexibility index (Phi) is 3.02. The van der Waals surface area contributed by atoms with Crippen molar-refractivity contribution in [2.24, 2.45) is 5.92 Å². The number of hydrogen-bond acceptors (Lipinski definition) is 2. The number of halogens is 2. The van der Waals surface area contributed by atoms with Crippen LogP contribution in [0.25, 0.3) is 0 Å². The summed E-state index contributed by atoms with van der Waals surface area (Å²) in [7, 11) is 0. The smallest absolute Gasteiger partial charge is 0.261 e. The van der Waals surface area contributed by atoms with Gasteiger partial charge in [-0.1, -0.05) is 0 Å². The fourth-order valence-electron chi connectivity index (χ4n) is 2.39. The van der Waals surface area contributed by atoms with Crippen LogP contribution >= 0.6 is 0 Å². The largest absolute Gasteiger partial charge is 0.317 e. The molecule has 0 bridgehead atoms. The topological polar surface area (TPSA) is 15.3 Å². The fourth-order valence-corrected chi connectivity index (χ4v) is 2.39. The van der Waals surface area contributed by atoms with Crippen molar-refractivity contribution in [1.29, 1.82) is 0 Å².